The van der Waals surface area contributed by atoms with E-state index < -0.39 is 0 Å². The minimum absolute atomic E-state index is 0.0588. The predicted octanol–water partition coefficient (Wildman–Crippen LogP) is 2.92. The molecule has 1 heterocycles. The fourth-order valence-electron chi connectivity index (χ4n) is 2.62. The van der Waals surface area contributed by atoms with Gasteiger partial charge < -0.3 is 10.6 Å². The van der Waals surface area contributed by atoms with E-state index in [1.807, 2.05) is 30.8 Å². The summed E-state index contributed by atoms with van der Waals surface area (Å²) in [5.41, 5.74) is 1.44. The van der Waals surface area contributed by atoms with Gasteiger partial charge >= 0.3 is 0 Å². The molecular weight excluding hydrogens is 270 g/mol. The quantitative estimate of drug-likeness (QED) is 0.876. The molecule has 2 rings (SSSR count). The molecule has 4 nitrogen and oxygen atoms in total. The van der Waals surface area contributed by atoms with Gasteiger partial charge in [0.25, 0.3) is 5.91 Å². The SMILES string of the molecule is CCNc1ccnc(C(=O)NC2CCCC(SC)C2)c1. The third-order valence-electron chi connectivity index (χ3n) is 3.67. The van der Waals surface area contributed by atoms with Gasteiger partial charge in [-0.15, -0.1) is 0 Å². The highest BCUT2D eigenvalue weighted by molar-refractivity contribution is 7.99. The Bertz CT molecular complexity index is 452. The van der Waals surface area contributed by atoms with E-state index in [-0.39, 0.29) is 5.91 Å². The van der Waals surface area contributed by atoms with Crippen LogP contribution in [-0.2, 0) is 0 Å². The van der Waals surface area contributed by atoms with Crippen molar-refractivity contribution in [2.75, 3.05) is 18.1 Å². The smallest absolute Gasteiger partial charge is 0.270 e. The maximum atomic E-state index is 12.3. The number of carbonyl (C=O) groups is 1. The van der Waals surface area contributed by atoms with Crippen LogP contribution < -0.4 is 10.6 Å². The van der Waals surface area contributed by atoms with E-state index >= 15 is 0 Å². The van der Waals surface area contributed by atoms with Crippen LogP contribution >= 0.6 is 11.8 Å². The summed E-state index contributed by atoms with van der Waals surface area (Å²) < 4.78 is 0. The van der Waals surface area contributed by atoms with Crippen LogP contribution in [0, 0.1) is 0 Å². The molecule has 1 amide bonds. The van der Waals surface area contributed by atoms with Gasteiger partial charge in [-0.3, -0.25) is 9.78 Å². The first-order chi connectivity index (χ1) is 9.72. The first kappa shape index (κ1) is 15.2. The van der Waals surface area contributed by atoms with Crippen molar-refractivity contribution in [2.24, 2.45) is 0 Å². The van der Waals surface area contributed by atoms with Crippen LogP contribution in [0.25, 0.3) is 0 Å². The molecule has 1 fully saturated rings. The molecule has 1 aromatic rings. The zero-order valence-corrected chi connectivity index (χ0v) is 13.0. The Morgan fingerprint density at radius 2 is 2.35 bits per heavy atom. The van der Waals surface area contributed by atoms with Gasteiger partial charge in [0.15, 0.2) is 0 Å². The second-order valence-electron chi connectivity index (χ2n) is 5.15. The van der Waals surface area contributed by atoms with Gasteiger partial charge in [-0.2, -0.15) is 11.8 Å². The number of nitrogens with zero attached hydrogens (tertiary/aromatic N) is 1. The van der Waals surface area contributed by atoms with Crippen molar-refractivity contribution in [3.8, 4) is 0 Å². The van der Waals surface area contributed by atoms with Crippen LogP contribution in [0.4, 0.5) is 5.69 Å². The van der Waals surface area contributed by atoms with E-state index in [0.717, 1.165) is 25.1 Å². The zero-order chi connectivity index (χ0) is 14.4. The molecule has 1 aliphatic carbocycles. The standard InChI is InChI=1S/C15H23N3OS/c1-3-16-11-7-8-17-14(10-11)15(19)18-12-5-4-6-13(9-12)20-2/h7-8,10,12-13H,3-6,9H2,1-2H3,(H,16,17)(H,18,19). The fraction of sp³-hybridized carbons (Fsp3) is 0.600. The molecule has 1 saturated carbocycles. The van der Waals surface area contributed by atoms with Gasteiger partial charge in [-0.05, 0) is 44.6 Å². The minimum atomic E-state index is -0.0588. The molecule has 2 N–H and O–H groups in total. The molecule has 2 unspecified atom stereocenters. The molecule has 5 heteroatoms. The summed E-state index contributed by atoms with van der Waals surface area (Å²) in [4.78, 5) is 16.4. The molecular formula is C15H23N3OS. The average Bonchev–Trinajstić information content (AvgIpc) is 2.48. The molecule has 1 aromatic heterocycles. The summed E-state index contributed by atoms with van der Waals surface area (Å²) >= 11 is 1.90. The second kappa shape index (κ2) is 7.53. The molecule has 0 aliphatic heterocycles. The molecule has 110 valence electrons. The summed E-state index contributed by atoms with van der Waals surface area (Å²) in [5, 5.41) is 7.00. The van der Waals surface area contributed by atoms with E-state index in [2.05, 4.69) is 21.9 Å². The number of aromatic nitrogens is 1. The van der Waals surface area contributed by atoms with Gasteiger partial charge in [0.05, 0.1) is 0 Å². The Kier molecular flexibility index (Phi) is 5.71. The number of anilines is 1. The maximum Gasteiger partial charge on any atom is 0.270 e. The summed E-state index contributed by atoms with van der Waals surface area (Å²) in [7, 11) is 0. The number of amides is 1. The minimum Gasteiger partial charge on any atom is -0.385 e. The van der Waals surface area contributed by atoms with E-state index in [9.17, 15) is 4.79 Å². The van der Waals surface area contributed by atoms with E-state index in [1.54, 1.807) is 6.20 Å². The fourth-order valence-corrected chi connectivity index (χ4v) is 3.45. The van der Waals surface area contributed by atoms with Gasteiger partial charge in [0, 0.05) is 29.7 Å². The van der Waals surface area contributed by atoms with Gasteiger partial charge in [0.1, 0.15) is 5.69 Å². The first-order valence-corrected chi connectivity index (χ1v) is 8.55. The van der Waals surface area contributed by atoms with Crippen molar-refractivity contribution in [2.45, 2.75) is 43.9 Å². The summed E-state index contributed by atoms with van der Waals surface area (Å²) in [6.07, 6.45) is 8.44. The first-order valence-electron chi connectivity index (χ1n) is 7.26. The number of hydrogen-bond acceptors (Lipinski definition) is 4. The van der Waals surface area contributed by atoms with Gasteiger partial charge in [0.2, 0.25) is 0 Å². The number of nitrogens with one attached hydrogen (secondary N) is 2. The molecule has 0 aromatic carbocycles. The lowest BCUT2D eigenvalue weighted by atomic mass is 9.95. The number of rotatable bonds is 5. The Labute approximate surface area is 125 Å². The Hall–Kier alpha value is -1.23. The number of carbonyl (C=O) groups excluding carboxylic acids is 1. The number of hydrogen-bond donors (Lipinski definition) is 2. The highest BCUT2D eigenvalue weighted by Crippen LogP contribution is 2.27. The van der Waals surface area contributed by atoms with Crippen molar-refractivity contribution < 1.29 is 4.79 Å². The maximum absolute atomic E-state index is 12.3. The van der Waals surface area contributed by atoms with Crippen LogP contribution in [0.2, 0.25) is 0 Å². The van der Waals surface area contributed by atoms with Crippen LogP contribution in [0.5, 0.6) is 0 Å². The van der Waals surface area contributed by atoms with E-state index in [1.165, 1.54) is 12.8 Å². The van der Waals surface area contributed by atoms with Crippen LogP contribution in [0.1, 0.15) is 43.1 Å². The highest BCUT2D eigenvalue weighted by atomic mass is 32.2. The van der Waals surface area contributed by atoms with E-state index in [0.29, 0.717) is 17.0 Å². The lowest BCUT2D eigenvalue weighted by Crippen LogP contribution is -2.39. The monoisotopic (exact) mass is 293 g/mol. The molecule has 0 saturated heterocycles. The number of thioether (sulfide) groups is 1. The number of pyridine rings is 1. The average molecular weight is 293 g/mol. The van der Waals surface area contributed by atoms with Crippen molar-refractivity contribution in [1.82, 2.24) is 10.3 Å². The summed E-state index contributed by atoms with van der Waals surface area (Å²) in [5.74, 6) is -0.0588. The third-order valence-corrected chi connectivity index (χ3v) is 4.76. The molecule has 2 atom stereocenters. The molecule has 0 bridgehead atoms. The van der Waals surface area contributed by atoms with Crippen LogP contribution in [0.15, 0.2) is 18.3 Å². The topological polar surface area (TPSA) is 54.0 Å². The van der Waals surface area contributed by atoms with Gasteiger partial charge in [-0.1, -0.05) is 6.42 Å². The summed E-state index contributed by atoms with van der Waals surface area (Å²) in [6.45, 7) is 2.87. The molecule has 0 spiro atoms. The molecule has 20 heavy (non-hydrogen) atoms. The largest absolute Gasteiger partial charge is 0.385 e. The second-order valence-corrected chi connectivity index (χ2v) is 6.29. The van der Waals surface area contributed by atoms with Crippen molar-refractivity contribution >= 4 is 23.4 Å². The molecule has 0 radical (unpaired) electrons. The lowest BCUT2D eigenvalue weighted by Gasteiger charge is -2.28. The Morgan fingerprint density at radius 3 is 3.10 bits per heavy atom. The Morgan fingerprint density at radius 1 is 1.50 bits per heavy atom. The molecule has 1 aliphatic rings. The summed E-state index contributed by atoms with van der Waals surface area (Å²) in [6, 6.07) is 3.98. The van der Waals surface area contributed by atoms with Crippen molar-refractivity contribution in [3.63, 3.8) is 0 Å². The van der Waals surface area contributed by atoms with Crippen LogP contribution in [-0.4, -0.2) is 35.0 Å². The Balaban J connectivity index is 1.95. The highest BCUT2D eigenvalue weighted by Gasteiger charge is 2.23. The van der Waals surface area contributed by atoms with Crippen molar-refractivity contribution in [3.05, 3.63) is 24.0 Å². The van der Waals surface area contributed by atoms with Crippen LogP contribution in [0.3, 0.4) is 0 Å². The normalized spacial score (nSPS) is 22.3. The van der Waals surface area contributed by atoms with E-state index in [4.69, 9.17) is 0 Å². The zero-order valence-electron chi connectivity index (χ0n) is 12.2. The third kappa shape index (κ3) is 4.13. The van der Waals surface area contributed by atoms with Crippen molar-refractivity contribution in [1.29, 1.82) is 0 Å². The predicted molar refractivity (Wildman–Crippen MR) is 85.4 cm³/mol. The van der Waals surface area contributed by atoms with Gasteiger partial charge in [-0.25, -0.2) is 0 Å². The lowest BCUT2D eigenvalue weighted by molar-refractivity contribution is 0.0923.